The highest BCUT2D eigenvalue weighted by Gasteiger charge is 2.23. The zero-order valence-electron chi connectivity index (χ0n) is 8.24. The van der Waals surface area contributed by atoms with Crippen LogP contribution in [0, 0.1) is 0 Å². The number of carbonyl (C=O) groups is 1. The zero-order valence-corrected chi connectivity index (χ0v) is 9.81. The lowest BCUT2D eigenvalue weighted by atomic mass is 9.99. The predicted molar refractivity (Wildman–Crippen MR) is 62.7 cm³/mol. The number of benzene rings is 1. The van der Waals surface area contributed by atoms with Crippen LogP contribution >= 0.6 is 23.4 Å². The Morgan fingerprint density at radius 3 is 2.80 bits per heavy atom. The Bertz CT molecular complexity index is 370. The highest BCUT2D eigenvalue weighted by atomic mass is 35.5. The molecular weight excluding hydrogens is 234 g/mol. The third-order valence-corrected chi connectivity index (χ3v) is 3.24. The minimum absolute atomic E-state index is 0.0482. The summed E-state index contributed by atoms with van der Waals surface area (Å²) in [6.07, 6.45) is 1.88. The Hall–Kier alpha value is -0.710. The fraction of sp³-hybridized carbons (Fsp3) is 0.300. The van der Waals surface area contributed by atoms with Gasteiger partial charge in [0.05, 0.1) is 5.92 Å². The minimum Gasteiger partial charge on any atom is -0.481 e. The number of hydrogen-bond acceptors (Lipinski definition) is 3. The maximum atomic E-state index is 11.0. The summed E-state index contributed by atoms with van der Waals surface area (Å²) in [5.74, 6) is -1.68. The van der Waals surface area contributed by atoms with Crippen molar-refractivity contribution in [2.75, 3.05) is 12.8 Å². The largest absolute Gasteiger partial charge is 0.481 e. The third kappa shape index (κ3) is 2.65. The van der Waals surface area contributed by atoms with Crippen LogP contribution in [0.5, 0.6) is 0 Å². The van der Waals surface area contributed by atoms with Crippen LogP contribution in [0.15, 0.2) is 23.1 Å². The average molecular weight is 246 g/mol. The molecule has 1 rings (SSSR count). The van der Waals surface area contributed by atoms with Gasteiger partial charge in [-0.2, -0.15) is 0 Å². The Morgan fingerprint density at radius 1 is 1.67 bits per heavy atom. The van der Waals surface area contributed by atoms with Crippen molar-refractivity contribution in [3.05, 3.63) is 28.8 Å². The van der Waals surface area contributed by atoms with Crippen LogP contribution in [0.3, 0.4) is 0 Å². The molecule has 1 unspecified atom stereocenters. The lowest BCUT2D eigenvalue weighted by molar-refractivity contribution is -0.138. The molecule has 0 radical (unpaired) electrons. The molecule has 1 atom stereocenters. The summed E-state index contributed by atoms with van der Waals surface area (Å²) >= 11 is 7.46. The Morgan fingerprint density at radius 2 is 2.33 bits per heavy atom. The van der Waals surface area contributed by atoms with Gasteiger partial charge in [0.25, 0.3) is 0 Å². The Balaban J connectivity index is 3.26. The van der Waals surface area contributed by atoms with E-state index in [1.165, 1.54) is 11.8 Å². The van der Waals surface area contributed by atoms with Crippen LogP contribution in [0.2, 0.25) is 5.02 Å². The number of halogens is 1. The molecule has 1 aromatic carbocycles. The lowest BCUT2D eigenvalue weighted by Crippen LogP contribution is -2.22. The first-order valence-electron chi connectivity index (χ1n) is 4.37. The smallest absolute Gasteiger partial charge is 0.312 e. The fourth-order valence-corrected chi connectivity index (χ4v) is 2.42. The first kappa shape index (κ1) is 12.4. The number of nitrogens with two attached hydrogens (primary N) is 1. The van der Waals surface area contributed by atoms with Gasteiger partial charge in [0.1, 0.15) is 0 Å². The molecule has 0 bridgehead atoms. The van der Waals surface area contributed by atoms with Crippen molar-refractivity contribution >= 4 is 29.3 Å². The van der Waals surface area contributed by atoms with Crippen LogP contribution in [0.4, 0.5) is 0 Å². The van der Waals surface area contributed by atoms with E-state index in [4.69, 9.17) is 22.4 Å². The van der Waals surface area contributed by atoms with Crippen molar-refractivity contribution in [3.63, 3.8) is 0 Å². The van der Waals surface area contributed by atoms with E-state index in [2.05, 4.69) is 0 Å². The summed E-state index contributed by atoms with van der Waals surface area (Å²) in [4.78, 5) is 11.9. The number of thioether (sulfide) groups is 1. The van der Waals surface area contributed by atoms with Gasteiger partial charge in [-0.1, -0.05) is 17.7 Å². The van der Waals surface area contributed by atoms with Crippen LogP contribution in [-0.2, 0) is 4.79 Å². The summed E-state index contributed by atoms with van der Waals surface area (Å²) < 4.78 is 0. The van der Waals surface area contributed by atoms with Gasteiger partial charge >= 0.3 is 5.97 Å². The molecule has 5 heteroatoms. The van der Waals surface area contributed by atoms with E-state index in [9.17, 15) is 4.79 Å². The SMILES string of the molecule is CSc1cccc(Cl)c1C(CN)C(=O)O. The second-order valence-electron chi connectivity index (χ2n) is 2.98. The van der Waals surface area contributed by atoms with Crippen LogP contribution in [0.25, 0.3) is 0 Å². The summed E-state index contributed by atoms with van der Waals surface area (Å²) in [5.41, 5.74) is 6.06. The van der Waals surface area contributed by atoms with Gasteiger partial charge in [-0.25, -0.2) is 0 Å². The molecule has 0 aromatic heterocycles. The Labute approximate surface area is 97.6 Å². The topological polar surface area (TPSA) is 63.3 Å². The van der Waals surface area contributed by atoms with Gasteiger partial charge in [0.2, 0.25) is 0 Å². The molecule has 15 heavy (non-hydrogen) atoms. The van der Waals surface area contributed by atoms with E-state index in [0.29, 0.717) is 10.6 Å². The van der Waals surface area contributed by atoms with E-state index >= 15 is 0 Å². The van der Waals surface area contributed by atoms with E-state index in [1.807, 2.05) is 12.3 Å². The number of carboxylic acid groups (broad SMARTS) is 1. The number of carboxylic acids is 1. The quantitative estimate of drug-likeness (QED) is 0.799. The second-order valence-corrected chi connectivity index (χ2v) is 4.24. The lowest BCUT2D eigenvalue weighted by Gasteiger charge is -2.15. The van der Waals surface area contributed by atoms with Crippen molar-refractivity contribution < 1.29 is 9.90 Å². The Kier molecular flexibility index (Phi) is 4.45. The van der Waals surface area contributed by atoms with Crippen molar-refractivity contribution in [2.45, 2.75) is 10.8 Å². The average Bonchev–Trinajstić information content (AvgIpc) is 2.21. The molecule has 0 saturated carbocycles. The number of aliphatic carboxylic acids is 1. The monoisotopic (exact) mass is 245 g/mol. The van der Waals surface area contributed by atoms with Gasteiger partial charge in [-0.05, 0) is 24.0 Å². The first-order valence-corrected chi connectivity index (χ1v) is 5.97. The van der Waals surface area contributed by atoms with Gasteiger partial charge in [0, 0.05) is 16.5 Å². The minimum atomic E-state index is -0.944. The van der Waals surface area contributed by atoms with E-state index in [-0.39, 0.29) is 6.54 Å². The highest BCUT2D eigenvalue weighted by Crippen LogP contribution is 2.33. The molecule has 0 aliphatic rings. The summed E-state index contributed by atoms with van der Waals surface area (Å²) in [5, 5.41) is 9.48. The number of hydrogen-bond donors (Lipinski definition) is 2. The van der Waals surface area contributed by atoms with Gasteiger partial charge in [0.15, 0.2) is 0 Å². The molecule has 3 nitrogen and oxygen atoms in total. The van der Waals surface area contributed by atoms with Crippen molar-refractivity contribution in [1.29, 1.82) is 0 Å². The van der Waals surface area contributed by atoms with Crippen molar-refractivity contribution in [3.8, 4) is 0 Å². The van der Waals surface area contributed by atoms with Crippen LogP contribution in [-0.4, -0.2) is 23.9 Å². The molecule has 0 saturated heterocycles. The first-order chi connectivity index (χ1) is 7.11. The fourth-order valence-electron chi connectivity index (χ4n) is 1.38. The summed E-state index contributed by atoms with van der Waals surface area (Å²) in [6.45, 7) is 0.0482. The molecule has 0 spiro atoms. The number of rotatable bonds is 4. The van der Waals surface area contributed by atoms with Crippen LogP contribution < -0.4 is 5.73 Å². The van der Waals surface area contributed by atoms with Crippen molar-refractivity contribution in [1.82, 2.24) is 0 Å². The van der Waals surface area contributed by atoms with Crippen molar-refractivity contribution in [2.24, 2.45) is 5.73 Å². The molecule has 82 valence electrons. The molecule has 0 aliphatic heterocycles. The summed E-state index contributed by atoms with van der Waals surface area (Å²) in [7, 11) is 0. The highest BCUT2D eigenvalue weighted by molar-refractivity contribution is 7.98. The molecule has 0 fully saturated rings. The molecule has 0 heterocycles. The maximum Gasteiger partial charge on any atom is 0.312 e. The van der Waals surface area contributed by atoms with Gasteiger partial charge in [-0.3, -0.25) is 4.79 Å². The second kappa shape index (κ2) is 5.39. The van der Waals surface area contributed by atoms with Gasteiger partial charge < -0.3 is 10.8 Å². The zero-order chi connectivity index (χ0) is 11.4. The van der Waals surface area contributed by atoms with E-state index in [1.54, 1.807) is 12.1 Å². The molecule has 0 aliphatic carbocycles. The van der Waals surface area contributed by atoms with Crippen LogP contribution in [0.1, 0.15) is 11.5 Å². The maximum absolute atomic E-state index is 11.0. The summed E-state index contributed by atoms with van der Waals surface area (Å²) in [6, 6.07) is 5.33. The van der Waals surface area contributed by atoms with E-state index < -0.39 is 11.9 Å². The standard InChI is InChI=1S/C10H12ClNO2S/c1-15-8-4-2-3-7(11)9(8)6(5-12)10(13)14/h2-4,6H,5,12H2,1H3,(H,13,14). The normalized spacial score (nSPS) is 12.5. The predicted octanol–water partition coefficient (Wildman–Crippen LogP) is 2.19. The molecule has 0 amide bonds. The third-order valence-electron chi connectivity index (χ3n) is 2.12. The van der Waals surface area contributed by atoms with E-state index in [0.717, 1.165) is 4.90 Å². The van der Waals surface area contributed by atoms with Gasteiger partial charge in [-0.15, -0.1) is 11.8 Å². The molecular formula is C10H12ClNO2S. The molecule has 3 N–H and O–H groups in total. The molecule has 1 aromatic rings.